The van der Waals surface area contributed by atoms with Crippen LogP contribution in [0.25, 0.3) is 6.08 Å². The van der Waals surface area contributed by atoms with E-state index in [1.165, 1.54) is 92.0 Å². The second kappa shape index (κ2) is 11.0. The molecule has 162 valence electrons. The number of rotatable bonds is 8. The highest BCUT2D eigenvalue weighted by atomic mass is 14.3. The molecule has 3 rings (SSSR count). The second-order valence-electron chi connectivity index (χ2n) is 9.91. The molecule has 2 aliphatic carbocycles. The van der Waals surface area contributed by atoms with Crippen LogP contribution in [0.15, 0.2) is 54.8 Å². The fourth-order valence-electron chi connectivity index (χ4n) is 5.88. The van der Waals surface area contributed by atoms with Crippen molar-refractivity contribution in [3.05, 3.63) is 71.5 Å². The van der Waals surface area contributed by atoms with E-state index >= 15 is 0 Å². The number of hydrogen-bond acceptors (Lipinski definition) is 0. The Labute approximate surface area is 185 Å². The third kappa shape index (κ3) is 5.67. The lowest BCUT2D eigenvalue weighted by Crippen LogP contribution is -2.17. The van der Waals surface area contributed by atoms with Crippen LogP contribution in [-0.2, 0) is 6.42 Å². The van der Waals surface area contributed by atoms with Gasteiger partial charge in [-0.3, -0.25) is 0 Å². The predicted molar refractivity (Wildman–Crippen MR) is 133 cm³/mol. The molecule has 0 heteroatoms. The summed E-state index contributed by atoms with van der Waals surface area (Å²) in [6, 6.07) is 7.19. The summed E-state index contributed by atoms with van der Waals surface area (Å²) in [4.78, 5) is 0. The molecule has 0 unspecified atom stereocenters. The van der Waals surface area contributed by atoms with Gasteiger partial charge in [-0.05, 0) is 111 Å². The number of allylic oxidation sites excluding steroid dienone is 2. The van der Waals surface area contributed by atoms with Crippen LogP contribution in [0.3, 0.4) is 0 Å². The van der Waals surface area contributed by atoms with Crippen molar-refractivity contribution in [3.63, 3.8) is 0 Å². The Morgan fingerprint density at radius 2 is 1.70 bits per heavy atom. The summed E-state index contributed by atoms with van der Waals surface area (Å²) in [5.41, 5.74) is 10.1. The maximum Gasteiger partial charge on any atom is -0.00611 e. The van der Waals surface area contributed by atoms with Gasteiger partial charge < -0.3 is 0 Å². The fraction of sp³-hybridized carbons (Fsp3) is 0.567. The first-order valence-corrected chi connectivity index (χ1v) is 12.3. The van der Waals surface area contributed by atoms with Crippen LogP contribution in [0.2, 0.25) is 0 Å². The third-order valence-electron chi connectivity index (χ3n) is 8.02. The van der Waals surface area contributed by atoms with E-state index in [4.69, 9.17) is 0 Å². The van der Waals surface area contributed by atoms with Crippen LogP contribution < -0.4 is 0 Å². The Hall–Kier alpha value is -1.78. The molecular weight excluding hydrogens is 360 g/mol. The largest absolute Gasteiger partial charge is 0.130 e. The molecule has 0 radical (unpaired) electrons. The van der Waals surface area contributed by atoms with Crippen molar-refractivity contribution in [2.45, 2.75) is 90.4 Å². The van der Waals surface area contributed by atoms with Crippen molar-refractivity contribution in [1.29, 1.82) is 0 Å². The molecule has 2 fully saturated rings. The van der Waals surface area contributed by atoms with E-state index in [-0.39, 0.29) is 0 Å². The van der Waals surface area contributed by atoms with Crippen LogP contribution in [0, 0.1) is 17.8 Å². The maximum atomic E-state index is 4.51. The molecule has 1 aromatic rings. The van der Waals surface area contributed by atoms with Crippen molar-refractivity contribution in [1.82, 2.24) is 0 Å². The Kier molecular flexibility index (Phi) is 8.41. The van der Waals surface area contributed by atoms with Crippen molar-refractivity contribution < 1.29 is 0 Å². The molecule has 0 heterocycles. The van der Waals surface area contributed by atoms with Gasteiger partial charge in [-0.25, -0.2) is 0 Å². The van der Waals surface area contributed by atoms with Gasteiger partial charge in [0.1, 0.15) is 0 Å². The van der Waals surface area contributed by atoms with Crippen LogP contribution in [0.5, 0.6) is 0 Å². The summed E-state index contributed by atoms with van der Waals surface area (Å²) in [7, 11) is 0. The fourth-order valence-corrected chi connectivity index (χ4v) is 5.88. The molecule has 0 amide bonds. The SMILES string of the molecule is C=C=C(C)C1CCC(C(=C)Cc2ccc(C3CCC(CCC)CC3)cc2C=C)CC1. The normalized spacial score (nSPS) is 26.6. The van der Waals surface area contributed by atoms with Crippen molar-refractivity contribution in [2.24, 2.45) is 17.8 Å². The Morgan fingerprint density at radius 1 is 1.03 bits per heavy atom. The molecule has 2 aliphatic rings. The summed E-state index contributed by atoms with van der Waals surface area (Å²) in [6.07, 6.45) is 16.4. The lowest BCUT2D eigenvalue weighted by Gasteiger charge is -2.30. The standard InChI is InChI=1S/C30H42/c1-6-9-24-10-12-28(13-11-24)30-19-18-29(25(8-3)21-30)20-23(5)27-16-14-26(15-17-27)22(4)7-2/h8,18-19,21,24,26-28H,2-3,5-6,9-17,20H2,1,4H3. The second-order valence-corrected chi connectivity index (χ2v) is 9.91. The van der Waals surface area contributed by atoms with Gasteiger partial charge in [0.25, 0.3) is 0 Å². The molecular formula is C30H42. The highest BCUT2D eigenvalue weighted by Crippen LogP contribution is 2.39. The first kappa shape index (κ1) is 22.9. The van der Waals surface area contributed by atoms with E-state index in [9.17, 15) is 0 Å². The molecule has 0 aromatic heterocycles. The molecule has 0 N–H and O–H groups in total. The zero-order valence-corrected chi connectivity index (χ0v) is 19.5. The molecule has 0 atom stereocenters. The summed E-state index contributed by atoms with van der Waals surface area (Å²) >= 11 is 0. The molecule has 0 saturated heterocycles. The number of hydrogen-bond donors (Lipinski definition) is 0. The molecule has 2 saturated carbocycles. The quantitative estimate of drug-likeness (QED) is 0.300. The molecule has 30 heavy (non-hydrogen) atoms. The summed E-state index contributed by atoms with van der Waals surface area (Å²) in [5.74, 6) is 3.05. The zero-order chi connectivity index (χ0) is 21.5. The van der Waals surface area contributed by atoms with Gasteiger partial charge in [-0.15, -0.1) is 5.73 Å². The average molecular weight is 403 g/mol. The highest BCUT2D eigenvalue weighted by Gasteiger charge is 2.25. The van der Waals surface area contributed by atoms with E-state index in [0.717, 1.165) is 18.3 Å². The summed E-state index contributed by atoms with van der Waals surface area (Å²) in [6.45, 7) is 17.0. The van der Waals surface area contributed by atoms with Gasteiger partial charge in [0.2, 0.25) is 0 Å². The Bertz CT molecular complexity index is 772. The predicted octanol–water partition coefficient (Wildman–Crippen LogP) is 9.04. The van der Waals surface area contributed by atoms with Crippen molar-refractivity contribution in [2.75, 3.05) is 0 Å². The van der Waals surface area contributed by atoms with E-state index in [1.807, 2.05) is 0 Å². The monoisotopic (exact) mass is 402 g/mol. The molecule has 0 spiro atoms. The van der Waals surface area contributed by atoms with Crippen molar-refractivity contribution in [3.8, 4) is 0 Å². The lowest BCUT2D eigenvalue weighted by atomic mass is 9.74. The van der Waals surface area contributed by atoms with Crippen LogP contribution in [0.1, 0.15) is 101 Å². The minimum absolute atomic E-state index is 0.657. The van der Waals surface area contributed by atoms with E-state index in [0.29, 0.717) is 11.8 Å². The first-order chi connectivity index (χ1) is 14.5. The van der Waals surface area contributed by atoms with Gasteiger partial charge in [0.05, 0.1) is 0 Å². The van der Waals surface area contributed by atoms with Crippen LogP contribution in [0.4, 0.5) is 0 Å². The first-order valence-electron chi connectivity index (χ1n) is 12.3. The zero-order valence-electron chi connectivity index (χ0n) is 19.5. The smallest absolute Gasteiger partial charge is 0.00611 e. The third-order valence-corrected chi connectivity index (χ3v) is 8.02. The molecule has 0 bridgehead atoms. The van der Waals surface area contributed by atoms with E-state index in [1.54, 1.807) is 0 Å². The summed E-state index contributed by atoms with van der Waals surface area (Å²) in [5, 5.41) is 0. The van der Waals surface area contributed by atoms with Gasteiger partial charge in [0, 0.05) is 0 Å². The van der Waals surface area contributed by atoms with Gasteiger partial charge in [-0.1, -0.05) is 69.4 Å². The van der Waals surface area contributed by atoms with Crippen LogP contribution >= 0.6 is 0 Å². The van der Waals surface area contributed by atoms with Crippen LogP contribution in [-0.4, -0.2) is 0 Å². The Balaban J connectivity index is 1.60. The highest BCUT2D eigenvalue weighted by molar-refractivity contribution is 5.54. The number of benzene rings is 1. The van der Waals surface area contributed by atoms with E-state index < -0.39 is 0 Å². The maximum absolute atomic E-state index is 4.51. The van der Waals surface area contributed by atoms with Gasteiger partial charge >= 0.3 is 0 Å². The lowest BCUT2D eigenvalue weighted by molar-refractivity contribution is 0.308. The Morgan fingerprint density at radius 3 is 2.30 bits per heavy atom. The molecule has 1 aromatic carbocycles. The van der Waals surface area contributed by atoms with Crippen molar-refractivity contribution >= 4 is 6.08 Å². The average Bonchev–Trinajstić information content (AvgIpc) is 2.79. The van der Waals surface area contributed by atoms with Gasteiger partial charge in [0.15, 0.2) is 0 Å². The molecule has 0 aliphatic heterocycles. The summed E-state index contributed by atoms with van der Waals surface area (Å²) < 4.78 is 0. The molecule has 0 nitrogen and oxygen atoms in total. The minimum atomic E-state index is 0.657. The topological polar surface area (TPSA) is 0 Å². The van der Waals surface area contributed by atoms with Gasteiger partial charge in [-0.2, -0.15) is 0 Å². The van der Waals surface area contributed by atoms with E-state index in [2.05, 4.69) is 63.6 Å². The minimum Gasteiger partial charge on any atom is -0.130 e.